The minimum absolute atomic E-state index is 0.0218. The fourth-order valence-corrected chi connectivity index (χ4v) is 3.72. The summed E-state index contributed by atoms with van der Waals surface area (Å²) in [6.45, 7) is 2.59. The number of aromatic nitrogens is 2. The number of amides is 1. The minimum atomic E-state index is -0.144. The monoisotopic (exact) mass is 421 g/mol. The van der Waals surface area contributed by atoms with Crippen LogP contribution in [-0.4, -0.2) is 49.0 Å². The van der Waals surface area contributed by atoms with Gasteiger partial charge in [-0.05, 0) is 42.5 Å². The average molecular weight is 421 g/mol. The summed E-state index contributed by atoms with van der Waals surface area (Å²) in [5, 5.41) is 5.03. The molecule has 0 bridgehead atoms. The molecule has 7 heteroatoms. The molecule has 1 N–H and O–H groups in total. The van der Waals surface area contributed by atoms with Crippen LogP contribution in [0.25, 0.3) is 21.8 Å². The number of carbonyl (C=O) groups excluding carboxylic acids is 1. The first-order valence-electron chi connectivity index (χ1n) is 10.3. The Morgan fingerprint density at radius 1 is 0.968 bits per heavy atom. The van der Waals surface area contributed by atoms with Crippen molar-refractivity contribution < 1.29 is 19.0 Å². The molecule has 0 radical (unpaired) electrons. The molecule has 0 atom stereocenters. The summed E-state index contributed by atoms with van der Waals surface area (Å²) in [5.41, 5.74) is 2.17. The first-order valence-corrected chi connectivity index (χ1v) is 10.3. The molecular weight excluding hydrogens is 394 g/mol. The number of methoxy groups -OCH3 is 2. The normalized spacial score (nSPS) is 11.2. The second-order valence-electron chi connectivity index (χ2n) is 7.26. The van der Waals surface area contributed by atoms with Gasteiger partial charge in [0.2, 0.25) is 0 Å². The van der Waals surface area contributed by atoms with E-state index in [-0.39, 0.29) is 12.5 Å². The largest absolute Gasteiger partial charge is 0.497 e. The molecule has 4 rings (SSSR count). The standard InChI is InChI=1S/C24H27N3O4/c1-29-15-14-27-12-9-20-22(27)4-3-5-23(20)31-17-24(28)25-10-13-26-11-8-18-16-19(30-2)6-7-21(18)26/h3-9,11-12,16H,10,13-15,17H2,1-2H3,(H,25,28). The van der Waals surface area contributed by atoms with Crippen LogP contribution in [0.15, 0.2) is 60.9 Å². The van der Waals surface area contributed by atoms with Crippen LogP contribution in [0, 0.1) is 0 Å². The zero-order chi connectivity index (χ0) is 21.6. The second kappa shape index (κ2) is 9.57. The SMILES string of the molecule is COCCn1ccc2c(OCC(=O)NCCn3ccc4cc(OC)ccc43)cccc21. The van der Waals surface area contributed by atoms with E-state index in [1.165, 1.54) is 0 Å². The van der Waals surface area contributed by atoms with Crippen LogP contribution in [0.5, 0.6) is 11.5 Å². The van der Waals surface area contributed by atoms with Gasteiger partial charge in [0.05, 0.1) is 19.2 Å². The number of hydrogen-bond acceptors (Lipinski definition) is 4. The van der Waals surface area contributed by atoms with E-state index in [0.29, 0.717) is 25.4 Å². The Balaban J connectivity index is 1.30. The predicted molar refractivity (Wildman–Crippen MR) is 121 cm³/mol. The molecule has 0 spiro atoms. The van der Waals surface area contributed by atoms with Crippen molar-refractivity contribution in [3.8, 4) is 11.5 Å². The highest BCUT2D eigenvalue weighted by atomic mass is 16.5. The third-order valence-corrected chi connectivity index (χ3v) is 5.32. The Morgan fingerprint density at radius 2 is 1.81 bits per heavy atom. The van der Waals surface area contributed by atoms with Gasteiger partial charge in [0.25, 0.3) is 5.91 Å². The van der Waals surface area contributed by atoms with E-state index in [1.54, 1.807) is 14.2 Å². The van der Waals surface area contributed by atoms with Gasteiger partial charge in [0.15, 0.2) is 6.61 Å². The first kappa shape index (κ1) is 20.8. The molecule has 0 fully saturated rings. The van der Waals surface area contributed by atoms with E-state index in [0.717, 1.165) is 34.1 Å². The Kier molecular flexibility index (Phi) is 6.43. The fraction of sp³-hybridized carbons (Fsp3) is 0.292. The lowest BCUT2D eigenvalue weighted by molar-refractivity contribution is -0.123. The Labute approximate surface area is 181 Å². The van der Waals surface area contributed by atoms with Gasteiger partial charge in [-0.15, -0.1) is 0 Å². The maximum absolute atomic E-state index is 12.3. The van der Waals surface area contributed by atoms with Crippen LogP contribution >= 0.6 is 0 Å². The summed E-state index contributed by atoms with van der Waals surface area (Å²) in [4.78, 5) is 12.3. The van der Waals surface area contributed by atoms with E-state index < -0.39 is 0 Å². The number of nitrogens with zero attached hydrogens (tertiary/aromatic N) is 2. The van der Waals surface area contributed by atoms with Gasteiger partial charge in [-0.2, -0.15) is 0 Å². The molecule has 4 aromatic rings. The summed E-state index contributed by atoms with van der Waals surface area (Å²) in [7, 11) is 3.35. The van der Waals surface area contributed by atoms with Gasteiger partial charge >= 0.3 is 0 Å². The summed E-state index contributed by atoms with van der Waals surface area (Å²) in [5.74, 6) is 1.39. The number of fused-ring (bicyclic) bond motifs is 2. The van der Waals surface area contributed by atoms with Crippen molar-refractivity contribution in [2.24, 2.45) is 0 Å². The Hall–Kier alpha value is -3.45. The Morgan fingerprint density at radius 3 is 2.65 bits per heavy atom. The van der Waals surface area contributed by atoms with Crippen LogP contribution in [0.2, 0.25) is 0 Å². The molecule has 0 aliphatic heterocycles. The van der Waals surface area contributed by atoms with Crippen molar-refractivity contribution in [1.82, 2.24) is 14.5 Å². The Bertz CT molecular complexity index is 1180. The zero-order valence-electron chi connectivity index (χ0n) is 17.8. The molecule has 0 saturated carbocycles. The summed E-state index contributed by atoms with van der Waals surface area (Å²) in [6.07, 6.45) is 4.02. The van der Waals surface area contributed by atoms with Gasteiger partial charge < -0.3 is 28.7 Å². The van der Waals surface area contributed by atoms with Crippen molar-refractivity contribution >= 4 is 27.7 Å². The van der Waals surface area contributed by atoms with Crippen LogP contribution in [-0.2, 0) is 22.6 Å². The third kappa shape index (κ3) is 4.67. The smallest absolute Gasteiger partial charge is 0.258 e. The molecular formula is C24H27N3O4. The number of hydrogen-bond donors (Lipinski definition) is 1. The molecule has 0 unspecified atom stereocenters. The maximum Gasteiger partial charge on any atom is 0.258 e. The fourth-order valence-electron chi connectivity index (χ4n) is 3.72. The predicted octanol–water partition coefficient (Wildman–Crippen LogP) is 3.45. The highest BCUT2D eigenvalue weighted by Gasteiger charge is 2.09. The van der Waals surface area contributed by atoms with E-state index in [4.69, 9.17) is 14.2 Å². The van der Waals surface area contributed by atoms with E-state index >= 15 is 0 Å². The minimum Gasteiger partial charge on any atom is -0.497 e. The van der Waals surface area contributed by atoms with Crippen molar-refractivity contribution in [2.75, 3.05) is 34.0 Å². The maximum atomic E-state index is 12.3. The van der Waals surface area contributed by atoms with Crippen molar-refractivity contribution in [2.45, 2.75) is 13.1 Å². The van der Waals surface area contributed by atoms with Gasteiger partial charge in [-0.3, -0.25) is 4.79 Å². The van der Waals surface area contributed by atoms with E-state index in [1.807, 2.05) is 60.9 Å². The third-order valence-electron chi connectivity index (χ3n) is 5.32. The first-order chi connectivity index (χ1) is 15.2. The molecule has 1 amide bonds. The average Bonchev–Trinajstić information content (AvgIpc) is 3.40. The van der Waals surface area contributed by atoms with Gasteiger partial charge in [0.1, 0.15) is 11.5 Å². The summed E-state index contributed by atoms with van der Waals surface area (Å²) in [6, 6.07) is 15.9. The summed E-state index contributed by atoms with van der Waals surface area (Å²) >= 11 is 0. The zero-order valence-corrected chi connectivity index (χ0v) is 17.8. The lowest BCUT2D eigenvalue weighted by Gasteiger charge is -2.10. The molecule has 2 heterocycles. The number of ether oxygens (including phenoxy) is 3. The molecule has 0 aliphatic rings. The molecule has 2 aromatic heterocycles. The highest BCUT2D eigenvalue weighted by Crippen LogP contribution is 2.26. The molecule has 7 nitrogen and oxygen atoms in total. The highest BCUT2D eigenvalue weighted by molar-refractivity contribution is 5.87. The number of carbonyl (C=O) groups is 1. The van der Waals surface area contributed by atoms with Crippen molar-refractivity contribution in [1.29, 1.82) is 0 Å². The van der Waals surface area contributed by atoms with Gasteiger partial charge in [-0.1, -0.05) is 6.07 Å². The number of benzene rings is 2. The van der Waals surface area contributed by atoms with Gasteiger partial charge in [0, 0.05) is 55.4 Å². The molecule has 2 aromatic carbocycles. The lowest BCUT2D eigenvalue weighted by atomic mass is 10.2. The quantitative estimate of drug-likeness (QED) is 0.426. The molecule has 0 aliphatic carbocycles. The van der Waals surface area contributed by atoms with Crippen LogP contribution < -0.4 is 14.8 Å². The topological polar surface area (TPSA) is 66.7 Å². The van der Waals surface area contributed by atoms with Crippen LogP contribution in [0.1, 0.15) is 0 Å². The molecule has 162 valence electrons. The lowest BCUT2D eigenvalue weighted by Crippen LogP contribution is -2.31. The number of nitrogens with one attached hydrogen (secondary N) is 1. The van der Waals surface area contributed by atoms with Crippen molar-refractivity contribution in [3.63, 3.8) is 0 Å². The second-order valence-corrected chi connectivity index (χ2v) is 7.26. The molecule has 31 heavy (non-hydrogen) atoms. The van der Waals surface area contributed by atoms with E-state index in [9.17, 15) is 4.79 Å². The van der Waals surface area contributed by atoms with E-state index in [2.05, 4.69) is 14.5 Å². The van der Waals surface area contributed by atoms with Crippen LogP contribution in [0.3, 0.4) is 0 Å². The van der Waals surface area contributed by atoms with Gasteiger partial charge in [-0.25, -0.2) is 0 Å². The van der Waals surface area contributed by atoms with Crippen molar-refractivity contribution in [3.05, 3.63) is 60.9 Å². The summed E-state index contributed by atoms with van der Waals surface area (Å²) < 4.78 is 20.5. The van der Waals surface area contributed by atoms with Crippen LogP contribution in [0.4, 0.5) is 0 Å². The molecule has 0 saturated heterocycles. The number of rotatable bonds is 10.